The minimum absolute atomic E-state index is 0.251. The minimum atomic E-state index is -0.251. The van der Waals surface area contributed by atoms with E-state index < -0.39 is 0 Å². The molecule has 22 heavy (non-hydrogen) atoms. The molecule has 0 aromatic heterocycles. The van der Waals surface area contributed by atoms with Crippen LogP contribution in [-0.4, -0.2) is 12.6 Å². The molecule has 0 N–H and O–H groups in total. The third kappa shape index (κ3) is 5.75. The summed E-state index contributed by atoms with van der Waals surface area (Å²) in [5, 5.41) is 0. The zero-order valence-corrected chi connectivity index (χ0v) is 14.5. The van der Waals surface area contributed by atoms with Crippen molar-refractivity contribution in [3.8, 4) is 0 Å². The lowest BCUT2D eigenvalue weighted by atomic mass is 9.75. The molecule has 0 saturated carbocycles. The highest BCUT2D eigenvalue weighted by atomic mass is 16.1. The van der Waals surface area contributed by atoms with Crippen molar-refractivity contribution in [2.24, 2.45) is 17.8 Å². The zero-order chi connectivity index (χ0) is 16.5. The Morgan fingerprint density at radius 1 is 1.32 bits per heavy atom. The third-order valence-corrected chi connectivity index (χ3v) is 4.73. The summed E-state index contributed by atoms with van der Waals surface area (Å²) in [6, 6.07) is 0. The third-order valence-electron chi connectivity index (χ3n) is 4.73. The Morgan fingerprint density at radius 2 is 2.05 bits per heavy atom. The van der Waals surface area contributed by atoms with Crippen molar-refractivity contribution >= 4 is 12.6 Å². The van der Waals surface area contributed by atoms with Crippen molar-refractivity contribution in [1.82, 2.24) is 0 Å². The van der Waals surface area contributed by atoms with Crippen molar-refractivity contribution in [2.45, 2.75) is 59.8 Å². The topological polar surface area (TPSA) is 34.1 Å². The predicted molar refractivity (Wildman–Crippen MR) is 92.6 cm³/mol. The van der Waals surface area contributed by atoms with E-state index in [4.69, 9.17) is 0 Å². The maximum atomic E-state index is 11.7. The average Bonchev–Trinajstić information content (AvgIpc) is 2.55. The fraction of sp³-hybridized carbons (Fsp3) is 0.600. The Hall–Kier alpha value is -1.44. The van der Waals surface area contributed by atoms with Gasteiger partial charge in [0.25, 0.3) is 0 Å². The summed E-state index contributed by atoms with van der Waals surface area (Å²) < 4.78 is 0. The molecule has 122 valence electrons. The second kappa shape index (κ2) is 9.55. The van der Waals surface area contributed by atoms with Gasteiger partial charge < -0.3 is 4.79 Å². The number of carbonyl (C=O) groups excluding carboxylic acids is 2. The number of hydrogen-bond acceptors (Lipinski definition) is 2. The fourth-order valence-electron chi connectivity index (χ4n) is 3.25. The predicted octanol–water partition coefficient (Wildman–Crippen LogP) is 5.06. The highest BCUT2D eigenvalue weighted by Gasteiger charge is 2.29. The summed E-state index contributed by atoms with van der Waals surface area (Å²) >= 11 is 0. The van der Waals surface area contributed by atoms with Crippen LogP contribution in [0.1, 0.15) is 59.8 Å². The first-order valence-corrected chi connectivity index (χ1v) is 8.39. The van der Waals surface area contributed by atoms with Crippen LogP contribution in [0, 0.1) is 17.8 Å². The molecule has 0 saturated heterocycles. The molecule has 0 aliphatic heterocycles. The smallest absolute Gasteiger partial charge is 0.146 e. The van der Waals surface area contributed by atoms with Gasteiger partial charge in [-0.3, -0.25) is 4.79 Å². The Bertz CT molecular complexity index is 464. The molecule has 0 bridgehead atoms. The van der Waals surface area contributed by atoms with Crippen molar-refractivity contribution < 1.29 is 9.59 Å². The highest BCUT2D eigenvalue weighted by Crippen LogP contribution is 2.34. The van der Waals surface area contributed by atoms with Crippen molar-refractivity contribution in [3.63, 3.8) is 0 Å². The van der Waals surface area contributed by atoms with E-state index in [2.05, 4.69) is 39.8 Å². The molecule has 0 radical (unpaired) electrons. The Balaban J connectivity index is 2.93. The summed E-state index contributed by atoms with van der Waals surface area (Å²) in [6.45, 7) is 8.58. The number of rotatable bonds is 6. The summed E-state index contributed by atoms with van der Waals surface area (Å²) in [7, 11) is 0. The maximum absolute atomic E-state index is 11.7. The molecule has 0 aromatic rings. The molecule has 3 atom stereocenters. The summed E-state index contributed by atoms with van der Waals surface area (Å²) in [5.41, 5.74) is 3.36. The van der Waals surface area contributed by atoms with Gasteiger partial charge in [0.2, 0.25) is 0 Å². The first-order valence-electron chi connectivity index (χ1n) is 8.39. The molecule has 1 aliphatic carbocycles. The van der Waals surface area contributed by atoms with E-state index in [0.29, 0.717) is 11.5 Å². The van der Waals surface area contributed by atoms with Gasteiger partial charge in [0.05, 0.1) is 0 Å². The molecule has 1 rings (SSSR count). The van der Waals surface area contributed by atoms with Crippen LogP contribution in [0.4, 0.5) is 0 Å². The van der Waals surface area contributed by atoms with Gasteiger partial charge in [-0.05, 0) is 70.3 Å². The first-order chi connectivity index (χ1) is 10.5. The lowest BCUT2D eigenvalue weighted by Gasteiger charge is -2.29. The molecular formula is C20H30O2. The maximum Gasteiger partial charge on any atom is 0.146 e. The van der Waals surface area contributed by atoms with Crippen LogP contribution >= 0.6 is 0 Å². The SMILES string of the molecule is CC(C)=CCC[C@@H](C)[C@@H]1CC/C(C)=C/C/C=C(/C=O)[C@@H]1C=O. The van der Waals surface area contributed by atoms with Gasteiger partial charge in [-0.25, -0.2) is 0 Å². The van der Waals surface area contributed by atoms with E-state index >= 15 is 0 Å². The molecule has 0 unspecified atom stereocenters. The van der Waals surface area contributed by atoms with Gasteiger partial charge in [0.15, 0.2) is 0 Å². The summed E-state index contributed by atoms with van der Waals surface area (Å²) in [4.78, 5) is 23.1. The summed E-state index contributed by atoms with van der Waals surface area (Å²) in [5.74, 6) is 0.430. The molecule has 0 amide bonds. The monoisotopic (exact) mass is 302 g/mol. The van der Waals surface area contributed by atoms with Gasteiger partial charge in [-0.15, -0.1) is 0 Å². The molecular weight excluding hydrogens is 272 g/mol. The molecule has 0 heterocycles. The van der Waals surface area contributed by atoms with Crippen LogP contribution in [0.15, 0.2) is 34.9 Å². The first kappa shape index (κ1) is 18.6. The second-order valence-corrected chi connectivity index (χ2v) is 6.81. The lowest BCUT2D eigenvalue weighted by Crippen LogP contribution is -2.25. The fourth-order valence-corrected chi connectivity index (χ4v) is 3.25. The van der Waals surface area contributed by atoms with Crippen molar-refractivity contribution in [3.05, 3.63) is 34.9 Å². The van der Waals surface area contributed by atoms with Crippen LogP contribution in [0.3, 0.4) is 0 Å². The van der Waals surface area contributed by atoms with Crippen LogP contribution in [0.25, 0.3) is 0 Å². The largest absolute Gasteiger partial charge is 0.303 e. The molecule has 2 heteroatoms. The number of hydrogen-bond donors (Lipinski definition) is 0. The van der Waals surface area contributed by atoms with Gasteiger partial charge >= 0.3 is 0 Å². The normalized spacial score (nSPS) is 28.7. The molecule has 0 spiro atoms. The lowest BCUT2D eigenvalue weighted by molar-refractivity contribution is -0.114. The van der Waals surface area contributed by atoms with Gasteiger partial charge in [-0.2, -0.15) is 0 Å². The van der Waals surface area contributed by atoms with E-state index in [1.54, 1.807) is 0 Å². The van der Waals surface area contributed by atoms with Crippen molar-refractivity contribution in [1.29, 1.82) is 0 Å². The van der Waals surface area contributed by atoms with E-state index in [1.807, 2.05) is 6.08 Å². The Kier molecular flexibility index (Phi) is 8.08. The van der Waals surface area contributed by atoms with Crippen LogP contribution in [0.5, 0.6) is 0 Å². The Labute approximate surface area is 135 Å². The number of allylic oxidation sites excluding steroid dienone is 6. The van der Waals surface area contributed by atoms with Gasteiger partial charge in [-0.1, -0.05) is 36.3 Å². The Morgan fingerprint density at radius 3 is 2.64 bits per heavy atom. The number of carbonyl (C=O) groups is 2. The standard InChI is InChI=1S/C20H30O2/c1-15(2)7-5-9-17(4)19-12-11-16(3)8-6-10-18(13-21)20(19)14-22/h7-8,10,13-14,17,19-20H,5-6,9,11-12H2,1-4H3/b16-8+,18-10-/t17-,19+,20+/m1/s1. The molecule has 1 aliphatic rings. The summed E-state index contributed by atoms with van der Waals surface area (Å²) in [6.07, 6.45) is 13.1. The second-order valence-electron chi connectivity index (χ2n) is 6.81. The zero-order valence-electron chi connectivity index (χ0n) is 14.5. The van der Waals surface area contributed by atoms with E-state index in [0.717, 1.165) is 44.7 Å². The molecule has 0 aromatic carbocycles. The van der Waals surface area contributed by atoms with Gasteiger partial charge in [0.1, 0.15) is 12.6 Å². The number of aldehydes is 2. The van der Waals surface area contributed by atoms with E-state index in [9.17, 15) is 9.59 Å². The van der Waals surface area contributed by atoms with Crippen LogP contribution < -0.4 is 0 Å². The van der Waals surface area contributed by atoms with E-state index in [1.165, 1.54) is 11.1 Å². The quantitative estimate of drug-likeness (QED) is 0.508. The van der Waals surface area contributed by atoms with Gasteiger partial charge in [0, 0.05) is 5.92 Å². The average molecular weight is 302 g/mol. The molecule has 0 fully saturated rings. The minimum Gasteiger partial charge on any atom is -0.303 e. The van der Waals surface area contributed by atoms with Crippen molar-refractivity contribution in [2.75, 3.05) is 0 Å². The highest BCUT2D eigenvalue weighted by molar-refractivity contribution is 5.81. The molecule has 2 nitrogen and oxygen atoms in total. The van der Waals surface area contributed by atoms with E-state index in [-0.39, 0.29) is 11.8 Å². The van der Waals surface area contributed by atoms with Crippen LogP contribution in [0.2, 0.25) is 0 Å². The van der Waals surface area contributed by atoms with Crippen LogP contribution in [-0.2, 0) is 9.59 Å².